The summed E-state index contributed by atoms with van der Waals surface area (Å²) in [7, 11) is 0. The minimum absolute atomic E-state index is 0.246. The van der Waals surface area contributed by atoms with E-state index in [-0.39, 0.29) is 6.92 Å². The molecule has 0 aliphatic carbocycles. The summed E-state index contributed by atoms with van der Waals surface area (Å²) >= 11 is 0. The fourth-order valence-electron chi connectivity index (χ4n) is 0.938. The van der Waals surface area contributed by atoms with Crippen molar-refractivity contribution < 1.29 is 26.7 Å². The predicted octanol–water partition coefficient (Wildman–Crippen LogP) is 2.94. The second-order valence-electron chi connectivity index (χ2n) is 2.94. The molecule has 0 N–H and O–H groups in total. The molecule has 1 nitrogen and oxygen atoms in total. The van der Waals surface area contributed by atoms with Gasteiger partial charge in [-0.1, -0.05) is 0 Å². The van der Waals surface area contributed by atoms with Gasteiger partial charge >= 0.3 is 5.92 Å². The summed E-state index contributed by atoms with van der Waals surface area (Å²) in [5.41, 5.74) is -1.17. The molecule has 0 heterocycles. The Bertz CT molecular complexity index is 408. The van der Waals surface area contributed by atoms with Gasteiger partial charge in [0, 0.05) is 6.92 Å². The van der Waals surface area contributed by atoms with Crippen molar-refractivity contribution in [2.24, 2.45) is 0 Å². The molecule has 0 aliphatic heterocycles. The largest absolute Gasteiger partial charge is 0.307 e. The molecule has 1 rings (SSSR count). The van der Waals surface area contributed by atoms with Gasteiger partial charge in [-0.25, -0.2) is 13.2 Å². The van der Waals surface area contributed by atoms with E-state index in [1.807, 2.05) is 0 Å². The van der Waals surface area contributed by atoms with E-state index in [4.69, 9.17) is 0 Å². The van der Waals surface area contributed by atoms with Crippen LogP contribution in [0.25, 0.3) is 0 Å². The van der Waals surface area contributed by atoms with Crippen LogP contribution in [-0.4, -0.2) is 11.7 Å². The lowest BCUT2D eigenvalue weighted by atomic mass is 10.1. The maximum atomic E-state index is 12.9. The Balaban J connectivity index is 3.29. The lowest BCUT2D eigenvalue weighted by molar-refractivity contribution is 0.0216. The van der Waals surface area contributed by atoms with Crippen molar-refractivity contribution in [3.05, 3.63) is 35.1 Å². The van der Waals surface area contributed by atoms with Gasteiger partial charge < -0.3 is 0 Å². The number of alkyl halides is 2. The molecule has 0 saturated carbocycles. The Labute approximate surface area is 81.5 Å². The molecule has 0 bridgehead atoms. The highest BCUT2D eigenvalue weighted by molar-refractivity contribution is 6.01. The summed E-state index contributed by atoms with van der Waals surface area (Å²) in [6.45, 7) is 0.246. The molecule has 0 radical (unpaired) electrons. The normalized spacial score (nSPS) is 11.6. The number of halogens is 5. The number of carbonyl (C=O) groups is 1. The van der Waals surface area contributed by atoms with Crippen LogP contribution in [0.1, 0.15) is 17.3 Å². The number of rotatable bonds is 2. The van der Waals surface area contributed by atoms with Crippen molar-refractivity contribution in [1.82, 2.24) is 0 Å². The summed E-state index contributed by atoms with van der Waals surface area (Å²) in [4.78, 5) is 10.9. The highest BCUT2D eigenvalue weighted by Crippen LogP contribution is 2.23. The molecule has 0 aromatic heterocycles. The first kappa shape index (κ1) is 11.6. The lowest BCUT2D eigenvalue weighted by Gasteiger charge is -2.09. The van der Waals surface area contributed by atoms with E-state index in [9.17, 15) is 26.7 Å². The summed E-state index contributed by atoms with van der Waals surface area (Å²) in [5.74, 6) is -11.1. The summed E-state index contributed by atoms with van der Waals surface area (Å²) in [6.07, 6.45) is 0. The van der Waals surface area contributed by atoms with E-state index in [1.54, 1.807) is 0 Å². The Hall–Kier alpha value is -1.46. The summed E-state index contributed by atoms with van der Waals surface area (Å²) < 4.78 is 62.8. The van der Waals surface area contributed by atoms with Gasteiger partial charge in [-0.3, -0.25) is 4.79 Å². The van der Waals surface area contributed by atoms with Crippen LogP contribution in [0.3, 0.4) is 0 Å². The van der Waals surface area contributed by atoms with Crippen LogP contribution in [0.15, 0.2) is 12.1 Å². The van der Waals surface area contributed by atoms with Crippen LogP contribution >= 0.6 is 0 Å². The third-order valence-corrected chi connectivity index (χ3v) is 1.68. The van der Waals surface area contributed by atoms with Crippen LogP contribution in [-0.2, 0) is 0 Å². The monoisotopic (exact) mass is 224 g/mol. The van der Waals surface area contributed by atoms with Gasteiger partial charge in [-0.2, -0.15) is 8.78 Å². The zero-order chi connectivity index (χ0) is 11.8. The van der Waals surface area contributed by atoms with E-state index >= 15 is 0 Å². The van der Waals surface area contributed by atoms with Gasteiger partial charge in [0.05, 0.1) is 5.56 Å². The van der Waals surface area contributed by atoms with Gasteiger partial charge in [0.15, 0.2) is 17.5 Å². The fourth-order valence-corrected chi connectivity index (χ4v) is 0.938. The maximum absolute atomic E-state index is 12.9. The first-order valence-corrected chi connectivity index (χ1v) is 3.81. The average molecular weight is 224 g/mol. The smallest absolute Gasteiger partial charge is 0.287 e. The van der Waals surface area contributed by atoms with Gasteiger partial charge in [-0.15, -0.1) is 0 Å². The number of hydrogen-bond acceptors (Lipinski definition) is 1. The molecule has 0 fully saturated rings. The molecule has 0 atom stereocenters. The molecule has 0 spiro atoms. The Morgan fingerprint density at radius 3 is 2.13 bits per heavy atom. The van der Waals surface area contributed by atoms with E-state index in [0.717, 1.165) is 0 Å². The number of Topliss-reactive ketones (excluding diaryl/α,β-unsaturated/α-hetero) is 1. The molecule has 6 heteroatoms. The van der Waals surface area contributed by atoms with Crippen molar-refractivity contribution in [2.45, 2.75) is 12.8 Å². The van der Waals surface area contributed by atoms with E-state index < -0.39 is 34.7 Å². The van der Waals surface area contributed by atoms with Crippen molar-refractivity contribution in [3.8, 4) is 0 Å². The minimum atomic E-state index is -3.83. The molecule has 0 amide bonds. The SMILES string of the molecule is CC(F)(F)C(=O)c1ccc(F)c(F)c1F. The van der Waals surface area contributed by atoms with Crippen molar-refractivity contribution >= 4 is 5.78 Å². The van der Waals surface area contributed by atoms with Crippen LogP contribution < -0.4 is 0 Å². The number of ketones is 1. The quantitative estimate of drug-likeness (QED) is 0.428. The zero-order valence-electron chi connectivity index (χ0n) is 7.45. The topological polar surface area (TPSA) is 17.1 Å². The third-order valence-electron chi connectivity index (χ3n) is 1.68. The van der Waals surface area contributed by atoms with Crippen LogP contribution in [0, 0.1) is 17.5 Å². The number of hydrogen-bond donors (Lipinski definition) is 0. The molecule has 0 aliphatic rings. The molecule has 0 saturated heterocycles. The van der Waals surface area contributed by atoms with E-state index in [0.29, 0.717) is 12.1 Å². The Kier molecular flexibility index (Phi) is 2.79. The van der Waals surface area contributed by atoms with Crippen molar-refractivity contribution in [3.63, 3.8) is 0 Å². The van der Waals surface area contributed by atoms with Gasteiger partial charge in [0.1, 0.15) is 0 Å². The van der Waals surface area contributed by atoms with Gasteiger partial charge in [0.2, 0.25) is 5.78 Å². The van der Waals surface area contributed by atoms with Crippen molar-refractivity contribution in [1.29, 1.82) is 0 Å². The number of benzene rings is 1. The van der Waals surface area contributed by atoms with Crippen LogP contribution in [0.4, 0.5) is 22.0 Å². The molecular formula is C9H5F5O. The second kappa shape index (κ2) is 3.60. The minimum Gasteiger partial charge on any atom is -0.287 e. The standard InChI is InChI=1S/C9H5F5O/c1-9(13,14)8(15)4-2-3-5(10)7(12)6(4)11/h2-3H,1H3. The van der Waals surface area contributed by atoms with Gasteiger partial charge in [-0.05, 0) is 12.1 Å². The Morgan fingerprint density at radius 2 is 1.67 bits per heavy atom. The van der Waals surface area contributed by atoms with E-state index in [1.165, 1.54) is 0 Å². The van der Waals surface area contributed by atoms with Crippen LogP contribution in [0.2, 0.25) is 0 Å². The maximum Gasteiger partial charge on any atom is 0.307 e. The molecule has 1 aromatic carbocycles. The predicted molar refractivity (Wildman–Crippen MR) is 41.3 cm³/mol. The second-order valence-corrected chi connectivity index (χ2v) is 2.94. The van der Waals surface area contributed by atoms with Crippen LogP contribution in [0.5, 0.6) is 0 Å². The first-order valence-electron chi connectivity index (χ1n) is 3.81. The number of carbonyl (C=O) groups excluding carboxylic acids is 1. The molecule has 82 valence electrons. The third kappa shape index (κ3) is 2.14. The lowest BCUT2D eigenvalue weighted by Crippen LogP contribution is -2.25. The Morgan fingerprint density at radius 1 is 1.13 bits per heavy atom. The summed E-state index contributed by atoms with van der Waals surface area (Å²) in [6, 6.07) is 0.894. The molecular weight excluding hydrogens is 219 g/mol. The van der Waals surface area contributed by atoms with Gasteiger partial charge in [0.25, 0.3) is 0 Å². The highest BCUT2D eigenvalue weighted by atomic mass is 19.3. The fraction of sp³-hybridized carbons (Fsp3) is 0.222. The zero-order valence-corrected chi connectivity index (χ0v) is 7.45. The molecule has 0 unspecified atom stereocenters. The van der Waals surface area contributed by atoms with E-state index in [2.05, 4.69) is 0 Å². The first-order chi connectivity index (χ1) is 6.75. The van der Waals surface area contributed by atoms with Crippen molar-refractivity contribution in [2.75, 3.05) is 0 Å². The summed E-state index contributed by atoms with van der Waals surface area (Å²) in [5, 5.41) is 0. The average Bonchev–Trinajstić information content (AvgIpc) is 2.12. The highest BCUT2D eigenvalue weighted by Gasteiger charge is 2.36. The molecule has 15 heavy (non-hydrogen) atoms. The molecule has 1 aromatic rings.